The van der Waals surface area contributed by atoms with Gasteiger partial charge in [-0.2, -0.15) is 8.78 Å². The van der Waals surface area contributed by atoms with Gasteiger partial charge < -0.3 is 5.11 Å². The standard InChI is InChI=1S/C3HBrClF3O2/c4-3(7,8)2(5,6)1(9)10/h(H,9,10). The van der Waals surface area contributed by atoms with Crippen LogP contribution >= 0.6 is 27.5 Å². The third-order valence-corrected chi connectivity index (χ3v) is 1.80. The van der Waals surface area contributed by atoms with Crippen molar-refractivity contribution in [2.75, 3.05) is 0 Å². The molecule has 60 valence electrons. The molecule has 2 nitrogen and oxygen atoms in total. The van der Waals surface area contributed by atoms with Crippen LogP contribution in [-0.2, 0) is 4.79 Å². The van der Waals surface area contributed by atoms with E-state index in [4.69, 9.17) is 5.11 Å². The van der Waals surface area contributed by atoms with E-state index in [1.54, 1.807) is 0 Å². The first-order valence-corrected chi connectivity index (χ1v) is 3.04. The third kappa shape index (κ3) is 1.76. The summed E-state index contributed by atoms with van der Waals surface area (Å²) in [4.78, 5) is 5.38. The van der Waals surface area contributed by atoms with Gasteiger partial charge in [0, 0.05) is 0 Å². The van der Waals surface area contributed by atoms with E-state index in [0.29, 0.717) is 0 Å². The van der Waals surface area contributed by atoms with Crippen molar-refractivity contribution in [3.8, 4) is 0 Å². The number of rotatable bonds is 2. The molecule has 0 aromatic carbocycles. The Hall–Kier alpha value is 0.0300. The molecule has 0 heterocycles. The number of alkyl halides is 5. The van der Waals surface area contributed by atoms with Crippen molar-refractivity contribution in [2.24, 2.45) is 0 Å². The smallest absolute Gasteiger partial charge is 0.364 e. The molecular weight excluding hydrogens is 240 g/mol. The van der Waals surface area contributed by atoms with Gasteiger partial charge in [0.2, 0.25) is 0 Å². The van der Waals surface area contributed by atoms with Crippen LogP contribution in [0.2, 0.25) is 0 Å². The fourth-order valence-corrected chi connectivity index (χ4v) is 0.291. The lowest BCUT2D eigenvalue weighted by atomic mass is 10.4. The molecule has 0 amide bonds. The van der Waals surface area contributed by atoms with Crippen LogP contribution < -0.4 is 0 Å². The fraction of sp³-hybridized carbons (Fsp3) is 0.667. The Morgan fingerprint density at radius 1 is 1.50 bits per heavy atom. The summed E-state index contributed by atoms with van der Waals surface area (Å²) >= 11 is 5.76. The Balaban J connectivity index is 4.57. The first-order chi connectivity index (χ1) is 4.19. The summed E-state index contributed by atoms with van der Waals surface area (Å²) in [5, 5.41) is 3.67. The Morgan fingerprint density at radius 2 is 1.80 bits per heavy atom. The molecule has 0 aromatic rings. The summed E-state index contributed by atoms with van der Waals surface area (Å²) in [6.07, 6.45) is 0. The van der Waals surface area contributed by atoms with Gasteiger partial charge in [0.1, 0.15) is 0 Å². The number of carboxylic acid groups (broad SMARTS) is 1. The maximum absolute atomic E-state index is 12.1. The molecule has 0 radical (unpaired) electrons. The second kappa shape index (κ2) is 2.58. The zero-order chi connectivity index (χ0) is 8.58. The second-order valence-corrected chi connectivity index (χ2v) is 2.89. The number of aliphatic carboxylic acids is 1. The van der Waals surface area contributed by atoms with E-state index in [1.807, 2.05) is 0 Å². The number of hydrogen-bond donors (Lipinski definition) is 1. The van der Waals surface area contributed by atoms with E-state index < -0.39 is 15.9 Å². The minimum atomic E-state index is -4.27. The molecule has 1 N–H and O–H groups in total. The average Bonchev–Trinajstić information content (AvgIpc) is 1.62. The quantitative estimate of drug-likeness (QED) is 0.750. The number of carbonyl (C=O) groups is 1. The maximum atomic E-state index is 12.1. The SMILES string of the molecule is O=C(O)C(F)(Cl)C(F)(F)Br. The van der Waals surface area contributed by atoms with Gasteiger partial charge >= 0.3 is 15.9 Å². The van der Waals surface area contributed by atoms with E-state index in [0.717, 1.165) is 0 Å². The minimum Gasteiger partial charge on any atom is -0.478 e. The van der Waals surface area contributed by atoms with Gasteiger partial charge in [0.25, 0.3) is 0 Å². The fourth-order valence-electron chi connectivity index (χ4n) is 0.121. The summed E-state index contributed by atoms with van der Waals surface area (Å²) in [6.45, 7) is 0. The summed E-state index contributed by atoms with van der Waals surface area (Å²) in [5.74, 6) is -2.43. The monoisotopic (exact) mass is 240 g/mol. The molecule has 0 saturated carbocycles. The van der Waals surface area contributed by atoms with Crippen LogP contribution in [-0.4, -0.2) is 21.0 Å². The van der Waals surface area contributed by atoms with E-state index in [1.165, 1.54) is 15.9 Å². The molecular formula is C3HBrClF3O2. The number of carboxylic acids is 1. The van der Waals surface area contributed by atoms with Crippen molar-refractivity contribution in [3.63, 3.8) is 0 Å². The zero-order valence-electron chi connectivity index (χ0n) is 4.25. The van der Waals surface area contributed by atoms with Crippen LogP contribution in [0.4, 0.5) is 13.2 Å². The van der Waals surface area contributed by atoms with Crippen LogP contribution in [0.3, 0.4) is 0 Å². The van der Waals surface area contributed by atoms with Gasteiger partial charge in [-0.3, -0.25) is 0 Å². The van der Waals surface area contributed by atoms with Crippen molar-refractivity contribution >= 4 is 33.5 Å². The molecule has 0 aliphatic rings. The van der Waals surface area contributed by atoms with E-state index in [9.17, 15) is 18.0 Å². The van der Waals surface area contributed by atoms with Gasteiger partial charge in [-0.05, 0) is 15.9 Å². The lowest BCUT2D eigenvalue weighted by molar-refractivity contribution is -0.154. The van der Waals surface area contributed by atoms with Gasteiger partial charge in [-0.25, -0.2) is 9.18 Å². The molecule has 0 rings (SSSR count). The van der Waals surface area contributed by atoms with Crippen LogP contribution in [0.15, 0.2) is 0 Å². The lowest BCUT2D eigenvalue weighted by Crippen LogP contribution is -2.41. The molecule has 7 heteroatoms. The maximum Gasteiger partial charge on any atom is 0.364 e. The van der Waals surface area contributed by atoms with Crippen molar-refractivity contribution in [2.45, 2.75) is 9.96 Å². The Labute approximate surface area is 67.1 Å². The molecule has 0 aliphatic carbocycles. The van der Waals surface area contributed by atoms with Gasteiger partial charge in [-0.1, -0.05) is 11.6 Å². The topological polar surface area (TPSA) is 37.3 Å². The van der Waals surface area contributed by atoms with Gasteiger partial charge in [-0.15, -0.1) is 0 Å². The number of hydrogen-bond acceptors (Lipinski definition) is 1. The highest BCUT2D eigenvalue weighted by Gasteiger charge is 2.58. The van der Waals surface area contributed by atoms with E-state index in [2.05, 4.69) is 11.6 Å². The Bertz CT molecular complexity index is 154. The Kier molecular flexibility index (Phi) is 2.59. The first-order valence-electron chi connectivity index (χ1n) is 1.87. The summed E-state index contributed by atoms with van der Waals surface area (Å²) in [5.41, 5.74) is 0. The Morgan fingerprint density at radius 3 is 1.80 bits per heavy atom. The average molecular weight is 241 g/mol. The highest BCUT2D eigenvalue weighted by Crippen LogP contribution is 2.41. The van der Waals surface area contributed by atoms with Crippen molar-refractivity contribution in [1.82, 2.24) is 0 Å². The normalized spacial score (nSPS) is 18.1. The van der Waals surface area contributed by atoms with Crippen molar-refractivity contribution in [1.29, 1.82) is 0 Å². The largest absolute Gasteiger partial charge is 0.478 e. The first kappa shape index (κ1) is 10.0. The number of halogens is 5. The van der Waals surface area contributed by atoms with Crippen molar-refractivity contribution < 1.29 is 23.1 Å². The molecule has 1 atom stereocenters. The molecule has 0 spiro atoms. The van der Waals surface area contributed by atoms with E-state index in [-0.39, 0.29) is 0 Å². The predicted molar refractivity (Wildman–Crippen MR) is 31.2 cm³/mol. The molecule has 0 aliphatic heterocycles. The highest BCUT2D eigenvalue weighted by molar-refractivity contribution is 9.10. The third-order valence-electron chi connectivity index (χ3n) is 0.625. The summed E-state index contributed by atoms with van der Waals surface area (Å²) < 4.78 is 35.6. The van der Waals surface area contributed by atoms with Gasteiger partial charge in [0.15, 0.2) is 0 Å². The van der Waals surface area contributed by atoms with Crippen LogP contribution in [0.25, 0.3) is 0 Å². The molecule has 1 unspecified atom stereocenters. The van der Waals surface area contributed by atoms with Crippen LogP contribution in [0.1, 0.15) is 0 Å². The highest BCUT2D eigenvalue weighted by atomic mass is 79.9. The minimum absolute atomic E-state index is 1.48. The van der Waals surface area contributed by atoms with Crippen LogP contribution in [0, 0.1) is 0 Å². The van der Waals surface area contributed by atoms with Crippen molar-refractivity contribution in [3.05, 3.63) is 0 Å². The predicted octanol–water partition coefficient (Wildman–Crippen LogP) is 1.96. The molecule has 0 bridgehead atoms. The summed E-state index contributed by atoms with van der Waals surface area (Å²) in [6, 6.07) is 0. The van der Waals surface area contributed by atoms with Crippen LogP contribution in [0.5, 0.6) is 0 Å². The lowest BCUT2D eigenvalue weighted by Gasteiger charge is -2.17. The second-order valence-electron chi connectivity index (χ2n) is 1.38. The molecule has 0 fully saturated rings. The van der Waals surface area contributed by atoms with E-state index >= 15 is 0 Å². The zero-order valence-corrected chi connectivity index (χ0v) is 6.59. The molecule has 0 aromatic heterocycles. The molecule has 10 heavy (non-hydrogen) atoms. The van der Waals surface area contributed by atoms with Gasteiger partial charge in [0.05, 0.1) is 0 Å². The summed E-state index contributed by atoms with van der Waals surface area (Å²) in [7, 11) is 0. The molecule has 0 saturated heterocycles.